The maximum Gasteiger partial charge on any atom is 2.00 e. The van der Waals surface area contributed by atoms with E-state index in [0.29, 0.717) is 17.0 Å². The quantitative estimate of drug-likeness (QED) is 0.300. The van der Waals surface area contributed by atoms with Gasteiger partial charge < -0.3 is 7.43 Å². The molecular weight excluding hydrogens is 559 g/mol. The van der Waals surface area contributed by atoms with Crippen LogP contribution in [0.15, 0.2) is 54.6 Å². The van der Waals surface area contributed by atoms with Crippen LogP contribution in [0.2, 0.25) is 0 Å². The molecule has 0 nitrogen and oxygen atoms in total. The summed E-state index contributed by atoms with van der Waals surface area (Å²) in [6, 6.07) is 16.9. The maximum absolute atomic E-state index is 14.5. The number of hydrogen-bond acceptors (Lipinski definition) is 0. The van der Waals surface area contributed by atoms with E-state index < -0.39 is 17.5 Å². The van der Waals surface area contributed by atoms with Gasteiger partial charge in [-0.2, -0.15) is 12.1 Å². The Bertz CT molecular complexity index is 871. The summed E-state index contributed by atoms with van der Waals surface area (Å²) >= 11 is 0. The largest absolute Gasteiger partial charge is 2.00 e. The number of benzene rings is 3. The normalized spacial score (nSPS) is 10.2. The zero-order valence-electron chi connectivity index (χ0n) is 14.9. The van der Waals surface area contributed by atoms with Gasteiger partial charge in [0.25, 0.3) is 0 Å². The fourth-order valence-electron chi connectivity index (χ4n) is 2.64. The van der Waals surface area contributed by atoms with E-state index in [2.05, 4.69) is 19.9 Å². The average Bonchev–Trinajstić information content (AvgIpc) is 2.57. The van der Waals surface area contributed by atoms with Gasteiger partial charge in [-0.3, -0.25) is 4.39 Å². The van der Waals surface area contributed by atoms with Gasteiger partial charge in [0.2, 0.25) is 0 Å². The second kappa shape index (κ2) is 9.44. The molecule has 3 aromatic rings. The van der Waals surface area contributed by atoms with Crippen molar-refractivity contribution < 1.29 is 44.3 Å². The summed E-state index contributed by atoms with van der Waals surface area (Å²) in [6.45, 7) is 4.19. The van der Waals surface area contributed by atoms with Crippen LogP contribution in [0.1, 0.15) is 25.3 Å². The molecule has 0 aliphatic heterocycles. The van der Waals surface area contributed by atoms with Gasteiger partial charge >= 0.3 is 31.1 Å². The minimum Gasteiger partial charge on any atom is -0.358 e. The first-order valence-electron chi connectivity index (χ1n) is 7.73. The third kappa shape index (κ3) is 4.61. The Morgan fingerprint density at radius 1 is 0.808 bits per heavy atom. The molecule has 0 radical (unpaired) electrons. The van der Waals surface area contributed by atoms with Crippen LogP contribution in [0.5, 0.6) is 0 Å². The Morgan fingerprint density at radius 3 is 2.00 bits per heavy atom. The SMILES string of the molecule is CC(C)c1ccc(-c2ccc(-c3cc[c-]c(F)c3F)cc2F)cc1.[CH3-].[U+2]. The third-order valence-electron chi connectivity index (χ3n) is 4.06. The molecule has 0 heterocycles. The molecule has 0 amide bonds. The van der Waals surface area contributed by atoms with Crippen LogP contribution in [0.25, 0.3) is 22.3 Å². The van der Waals surface area contributed by atoms with E-state index in [1.54, 1.807) is 12.1 Å². The minimum absolute atomic E-state index is 0. The van der Waals surface area contributed by atoms with Crippen LogP contribution in [0, 0.1) is 62.1 Å². The van der Waals surface area contributed by atoms with Crippen LogP contribution in [-0.4, -0.2) is 0 Å². The zero-order valence-corrected chi connectivity index (χ0v) is 19.1. The van der Waals surface area contributed by atoms with Crippen molar-refractivity contribution >= 4 is 0 Å². The summed E-state index contributed by atoms with van der Waals surface area (Å²) in [5.41, 5.74) is 2.66. The van der Waals surface area contributed by atoms with Crippen LogP contribution in [0.4, 0.5) is 13.2 Å². The minimum atomic E-state index is -1.07. The van der Waals surface area contributed by atoms with Gasteiger partial charge in [0.15, 0.2) is 0 Å². The summed E-state index contributed by atoms with van der Waals surface area (Å²) < 4.78 is 41.6. The van der Waals surface area contributed by atoms with Crippen molar-refractivity contribution in [1.82, 2.24) is 0 Å². The maximum atomic E-state index is 14.5. The van der Waals surface area contributed by atoms with E-state index in [1.165, 1.54) is 23.8 Å². The molecule has 4 heteroatoms. The Morgan fingerprint density at radius 2 is 1.42 bits per heavy atom. The molecule has 0 fully saturated rings. The molecule has 132 valence electrons. The second-order valence-corrected chi connectivity index (χ2v) is 5.99. The van der Waals surface area contributed by atoms with Gasteiger partial charge in [-0.25, -0.2) is 8.78 Å². The van der Waals surface area contributed by atoms with Crippen molar-refractivity contribution in [2.45, 2.75) is 19.8 Å². The van der Waals surface area contributed by atoms with E-state index >= 15 is 0 Å². The zero-order chi connectivity index (χ0) is 17.3. The van der Waals surface area contributed by atoms with E-state index in [-0.39, 0.29) is 44.1 Å². The molecule has 0 N–H and O–H groups in total. The Hall–Kier alpha value is -1.50. The molecule has 0 bridgehead atoms. The predicted octanol–water partition coefficient (Wildman–Crippen LogP) is 6.81. The molecule has 0 spiro atoms. The number of hydrogen-bond donors (Lipinski definition) is 0. The van der Waals surface area contributed by atoms with Gasteiger partial charge in [-0.05, 0) is 28.7 Å². The van der Waals surface area contributed by atoms with E-state index in [1.807, 2.05) is 24.3 Å². The number of halogens is 3. The summed E-state index contributed by atoms with van der Waals surface area (Å²) in [4.78, 5) is 0. The van der Waals surface area contributed by atoms with Crippen LogP contribution in [0.3, 0.4) is 0 Å². The summed E-state index contributed by atoms with van der Waals surface area (Å²) in [6.07, 6.45) is 0. The van der Waals surface area contributed by atoms with E-state index in [0.717, 1.165) is 5.56 Å². The van der Waals surface area contributed by atoms with Crippen LogP contribution < -0.4 is 0 Å². The monoisotopic (exact) mass is 578 g/mol. The van der Waals surface area contributed by atoms with Crippen molar-refractivity contribution in [3.8, 4) is 22.3 Å². The molecule has 0 aliphatic carbocycles. The van der Waals surface area contributed by atoms with E-state index in [4.69, 9.17) is 0 Å². The van der Waals surface area contributed by atoms with Crippen molar-refractivity contribution in [1.29, 1.82) is 0 Å². The predicted molar refractivity (Wildman–Crippen MR) is 96.5 cm³/mol. The fourth-order valence-corrected chi connectivity index (χ4v) is 2.64. The number of rotatable bonds is 3. The van der Waals surface area contributed by atoms with Crippen molar-refractivity contribution in [3.63, 3.8) is 0 Å². The first kappa shape index (κ1) is 22.5. The van der Waals surface area contributed by atoms with Gasteiger partial charge in [0.05, 0.1) is 5.82 Å². The molecule has 0 aromatic heterocycles. The standard InChI is InChI=1S/C21H16F3.CH3.U/c1-13(2)14-6-8-15(9-7-14)17-11-10-16(12-20(17)23)18-4-3-5-19(22)21(18)24;;/h3-4,6-13H,1-2H3;1H3;/q2*-1;+2. The molecule has 0 unspecified atom stereocenters. The average molecular weight is 578 g/mol. The van der Waals surface area contributed by atoms with Crippen molar-refractivity contribution in [3.05, 3.63) is 91.1 Å². The van der Waals surface area contributed by atoms with Crippen molar-refractivity contribution in [2.75, 3.05) is 0 Å². The van der Waals surface area contributed by atoms with Crippen molar-refractivity contribution in [2.24, 2.45) is 0 Å². The second-order valence-electron chi connectivity index (χ2n) is 5.99. The van der Waals surface area contributed by atoms with Crippen LogP contribution >= 0.6 is 0 Å². The van der Waals surface area contributed by atoms with Gasteiger partial charge in [-0.1, -0.05) is 55.8 Å². The Labute approximate surface area is 176 Å². The first-order chi connectivity index (χ1) is 11.5. The van der Waals surface area contributed by atoms with Gasteiger partial charge in [0.1, 0.15) is 5.82 Å². The topological polar surface area (TPSA) is 0 Å². The summed E-state index contributed by atoms with van der Waals surface area (Å²) in [5.74, 6) is -2.16. The molecular formula is C22H19F3U. The first-order valence-corrected chi connectivity index (χ1v) is 7.73. The fraction of sp³-hybridized carbons (Fsp3) is 0.136. The Balaban J connectivity index is 0.00000169. The van der Waals surface area contributed by atoms with E-state index in [9.17, 15) is 13.2 Å². The third-order valence-corrected chi connectivity index (χ3v) is 4.06. The summed E-state index contributed by atoms with van der Waals surface area (Å²) in [7, 11) is 0. The molecule has 3 rings (SSSR count). The summed E-state index contributed by atoms with van der Waals surface area (Å²) in [5, 5.41) is 0. The Kier molecular flexibility index (Phi) is 8.19. The molecule has 3 aromatic carbocycles. The smallest absolute Gasteiger partial charge is 0.358 e. The van der Waals surface area contributed by atoms with Gasteiger partial charge in [-0.15, -0.1) is 6.07 Å². The molecule has 0 atom stereocenters. The molecule has 26 heavy (non-hydrogen) atoms. The molecule has 0 saturated carbocycles. The van der Waals surface area contributed by atoms with Gasteiger partial charge in [0, 0.05) is 11.4 Å². The molecule has 0 aliphatic rings. The van der Waals surface area contributed by atoms with Crippen LogP contribution in [-0.2, 0) is 0 Å². The molecule has 0 saturated heterocycles.